The van der Waals surface area contributed by atoms with Crippen molar-refractivity contribution in [3.63, 3.8) is 0 Å². The van der Waals surface area contributed by atoms with Gasteiger partial charge in [-0.1, -0.05) is 13.0 Å². The first kappa shape index (κ1) is 16.9. The summed E-state index contributed by atoms with van der Waals surface area (Å²) in [7, 11) is 1.73. The molecular weight excluding hydrogens is 320 g/mol. The molecule has 24 heavy (non-hydrogen) atoms. The lowest BCUT2D eigenvalue weighted by molar-refractivity contribution is 0.184. The summed E-state index contributed by atoms with van der Waals surface area (Å²) in [6.45, 7) is 4.62. The number of hydrogen-bond donors (Lipinski definition) is 1. The fourth-order valence-corrected chi connectivity index (χ4v) is 3.63. The summed E-state index contributed by atoms with van der Waals surface area (Å²) >= 11 is 5.62. The van der Waals surface area contributed by atoms with Crippen LogP contribution >= 0.6 is 12.2 Å². The van der Waals surface area contributed by atoms with E-state index >= 15 is 0 Å². The highest BCUT2D eigenvalue weighted by atomic mass is 32.1. The lowest BCUT2D eigenvalue weighted by Crippen LogP contribution is -2.31. The summed E-state index contributed by atoms with van der Waals surface area (Å²) in [4.78, 5) is 6.84. The molecule has 2 aromatic heterocycles. The number of aromatic nitrogens is 2. The van der Waals surface area contributed by atoms with Crippen LogP contribution in [-0.2, 0) is 11.3 Å². The minimum absolute atomic E-state index is 0.0569. The second-order valence-electron chi connectivity index (χ2n) is 5.94. The van der Waals surface area contributed by atoms with Crippen molar-refractivity contribution in [2.75, 3.05) is 20.3 Å². The molecule has 0 aliphatic carbocycles. The number of nitrogens with one attached hydrogen (secondary N) is 1. The van der Waals surface area contributed by atoms with Crippen LogP contribution in [0.3, 0.4) is 0 Å². The molecule has 0 aromatic carbocycles. The summed E-state index contributed by atoms with van der Waals surface area (Å²) < 4.78 is 7.50. The summed E-state index contributed by atoms with van der Waals surface area (Å²) in [6, 6.07) is 10.5. The monoisotopic (exact) mass is 344 g/mol. The first-order valence-electron chi connectivity index (χ1n) is 8.38. The molecule has 6 heteroatoms. The Balaban J connectivity index is 1.98. The first-order chi connectivity index (χ1) is 11.8. The van der Waals surface area contributed by atoms with Crippen LogP contribution in [0.2, 0.25) is 0 Å². The molecule has 5 nitrogen and oxygen atoms in total. The number of hydrogen-bond acceptors (Lipinski definition) is 3. The summed E-state index contributed by atoms with van der Waals surface area (Å²) in [5, 5.41) is 4.28. The van der Waals surface area contributed by atoms with Gasteiger partial charge in [0.2, 0.25) is 0 Å². The van der Waals surface area contributed by atoms with Gasteiger partial charge >= 0.3 is 0 Å². The van der Waals surface area contributed by atoms with Gasteiger partial charge < -0.3 is 19.5 Å². The van der Waals surface area contributed by atoms with Crippen molar-refractivity contribution in [2.24, 2.45) is 0 Å². The van der Waals surface area contributed by atoms with E-state index in [1.165, 1.54) is 5.69 Å². The van der Waals surface area contributed by atoms with Crippen molar-refractivity contribution in [3.05, 3.63) is 54.1 Å². The van der Waals surface area contributed by atoms with Gasteiger partial charge in [-0.25, -0.2) is 0 Å². The van der Waals surface area contributed by atoms with Crippen LogP contribution in [0.1, 0.15) is 36.8 Å². The Labute approximate surface area is 148 Å². The van der Waals surface area contributed by atoms with Gasteiger partial charge in [0, 0.05) is 38.3 Å². The van der Waals surface area contributed by atoms with Crippen LogP contribution in [-0.4, -0.2) is 39.8 Å². The predicted octanol–water partition coefficient (Wildman–Crippen LogP) is 2.91. The molecule has 0 unspecified atom stereocenters. The molecule has 1 saturated heterocycles. The third kappa shape index (κ3) is 3.30. The van der Waals surface area contributed by atoms with E-state index in [4.69, 9.17) is 17.0 Å². The number of thiocarbonyl (C=S) groups is 1. The Bertz CT molecular complexity index is 673. The molecule has 128 valence electrons. The maximum absolute atomic E-state index is 5.62. The zero-order chi connectivity index (χ0) is 16.9. The van der Waals surface area contributed by atoms with Crippen molar-refractivity contribution in [1.82, 2.24) is 19.8 Å². The van der Waals surface area contributed by atoms with Gasteiger partial charge in [-0.05, 0) is 42.9 Å². The lowest BCUT2D eigenvalue weighted by Gasteiger charge is -2.28. The van der Waals surface area contributed by atoms with Gasteiger partial charge in [0.1, 0.15) is 0 Å². The Morgan fingerprint density at radius 2 is 2.12 bits per heavy atom. The Kier molecular flexibility index (Phi) is 5.48. The first-order valence-corrected chi connectivity index (χ1v) is 8.79. The van der Waals surface area contributed by atoms with Gasteiger partial charge in [0.15, 0.2) is 5.11 Å². The Hall–Kier alpha value is -1.92. The topological polar surface area (TPSA) is 42.3 Å². The summed E-state index contributed by atoms with van der Waals surface area (Å²) in [6.07, 6.45) is 4.99. The SMILES string of the molecule is CCCN1C(=S)N[C@H](c2ccccn2)[C@H]1c1cccn1CCOC. The highest BCUT2D eigenvalue weighted by Crippen LogP contribution is 2.38. The van der Waals surface area contributed by atoms with Gasteiger partial charge in [-0.2, -0.15) is 0 Å². The van der Waals surface area contributed by atoms with Crippen LogP contribution in [0.25, 0.3) is 0 Å². The van der Waals surface area contributed by atoms with Crippen LogP contribution < -0.4 is 5.32 Å². The van der Waals surface area contributed by atoms with Gasteiger partial charge in [0.25, 0.3) is 0 Å². The minimum Gasteiger partial charge on any atom is -0.383 e. The molecule has 2 aromatic rings. The Morgan fingerprint density at radius 1 is 1.25 bits per heavy atom. The van der Waals surface area contributed by atoms with Crippen molar-refractivity contribution >= 4 is 17.3 Å². The zero-order valence-electron chi connectivity index (χ0n) is 14.2. The minimum atomic E-state index is 0.0569. The zero-order valence-corrected chi connectivity index (χ0v) is 15.0. The van der Waals surface area contributed by atoms with E-state index < -0.39 is 0 Å². The maximum atomic E-state index is 5.62. The molecule has 0 radical (unpaired) electrons. The van der Waals surface area contributed by atoms with Crippen molar-refractivity contribution in [2.45, 2.75) is 32.0 Å². The molecular formula is C18H24N4OS. The van der Waals surface area contributed by atoms with Crippen molar-refractivity contribution in [3.8, 4) is 0 Å². The van der Waals surface area contributed by atoms with Crippen molar-refractivity contribution < 1.29 is 4.74 Å². The third-order valence-electron chi connectivity index (χ3n) is 4.37. The van der Waals surface area contributed by atoms with Gasteiger partial charge in [-0.15, -0.1) is 0 Å². The van der Waals surface area contributed by atoms with Gasteiger partial charge in [0.05, 0.1) is 24.4 Å². The molecule has 3 rings (SSSR count). The van der Waals surface area contributed by atoms with E-state index in [9.17, 15) is 0 Å². The molecule has 1 fully saturated rings. The van der Waals surface area contributed by atoms with Crippen LogP contribution in [0.5, 0.6) is 0 Å². The smallest absolute Gasteiger partial charge is 0.170 e. The summed E-state index contributed by atoms with van der Waals surface area (Å²) in [5.74, 6) is 0. The van der Waals surface area contributed by atoms with E-state index in [0.717, 1.165) is 30.3 Å². The molecule has 3 heterocycles. The molecule has 0 saturated carbocycles. The average Bonchev–Trinajstić information content (AvgIpc) is 3.19. The maximum Gasteiger partial charge on any atom is 0.170 e. The van der Waals surface area contributed by atoms with E-state index in [1.54, 1.807) is 7.11 Å². The molecule has 0 bridgehead atoms. The number of methoxy groups -OCH3 is 1. The average molecular weight is 344 g/mol. The van der Waals surface area contributed by atoms with E-state index in [0.29, 0.717) is 6.61 Å². The number of ether oxygens (including phenoxy) is 1. The molecule has 0 amide bonds. The number of pyridine rings is 1. The second-order valence-corrected chi connectivity index (χ2v) is 6.33. The van der Waals surface area contributed by atoms with Crippen LogP contribution in [0.4, 0.5) is 0 Å². The fourth-order valence-electron chi connectivity index (χ4n) is 3.30. The lowest BCUT2D eigenvalue weighted by atomic mass is 10.0. The standard InChI is InChI=1S/C18H24N4OS/c1-3-10-22-17(15-8-6-11-21(15)12-13-23-2)16(20-18(22)24)14-7-4-5-9-19-14/h4-9,11,16-17H,3,10,12-13H2,1-2H3,(H,20,24)/t16-,17-/m1/s1. The van der Waals surface area contributed by atoms with E-state index in [1.807, 2.05) is 18.3 Å². The van der Waals surface area contributed by atoms with Crippen LogP contribution in [0, 0.1) is 0 Å². The highest BCUT2D eigenvalue weighted by molar-refractivity contribution is 7.80. The predicted molar refractivity (Wildman–Crippen MR) is 98.8 cm³/mol. The second kappa shape index (κ2) is 7.77. The quantitative estimate of drug-likeness (QED) is 0.782. The highest BCUT2D eigenvalue weighted by Gasteiger charge is 2.40. The molecule has 1 aliphatic rings. The van der Waals surface area contributed by atoms with E-state index in [-0.39, 0.29) is 12.1 Å². The number of nitrogens with zero attached hydrogens (tertiary/aromatic N) is 3. The molecule has 2 atom stereocenters. The summed E-state index contributed by atoms with van der Waals surface area (Å²) in [5.41, 5.74) is 2.26. The molecule has 1 N–H and O–H groups in total. The normalized spacial score (nSPS) is 20.4. The molecule has 0 spiro atoms. The largest absolute Gasteiger partial charge is 0.383 e. The Morgan fingerprint density at radius 3 is 2.83 bits per heavy atom. The van der Waals surface area contributed by atoms with Crippen molar-refractivity contribution in [1.29, 1.82) is 0 Å². The fraction of sp³-hybridized carbons (Fsp3) is 0.444. The number of rotatable bonds is 7. The molecule has 1 aliphatic heterocycles. The van der Waals surface area contributed by atoms with Gasteiger partial charge in [-0.3, -0.25) is 4.98 Å². The van der Waals surface area contributed by atoms with Crippen LogP contribution in [0.15, 0.2) is 42.7 Å². The van der Waals surface area contributed by atoms with E-state index in [2.05, 4.69) is 51.1 Å². The third-order valence-corrected chi connectivity index (χ3v) is 4.72.